The summed E-state index contributed by atoms with van der Waals surface area (Å²) in [5, 5.41) is 5.75. The molecule has 0 saturated carbocycles. The van der Waals surface area contributed by atoms with Crippen molar-refractivity contribution in [2.24, 2.45) is 0 Å². The number of benzene rings is 3. The van der Waals surface area contributed by atoms with E-state index in [9.17, 15) is 0 Å². The van der Waals surface area contributed by atoms with Crippen LogP contribution in [0.4, 0.5) is 0 Å². The molecule has 5 heterocycles. The summed E-state index contributed by atoms with van der Waals surface area (Å²) in [6, 6.07) is 29.7. The number of aromatic nitrogens is 5. The number of imidazole rings is 1. The number of fused-ring (bicyclic) bond motifs is 11. The molecule has 0 aliphatic rings. The molecule has 158 valence electrons. The lowest BCUT2D eigenvalue weighted by atomic mass is 10.0. The third-order valence-electron chi connectivity index (χ3n) is 6.81. The normalized spacial score (nSPS) is 12.1. The molecule has 0 bridgehead atoms. The van der Waals surface area contributed by atoms with E-state index in [1.165, 1.54) is 21.8 Å². The van der Waals surface area contributed by atoms with Crippen molar-refractivity contribution in [3.8, 4) is 5.69 Å². The summed E-state index contributed by atoms with van der Waals surface area (Å²) in [5.74, 6) is 0. The van der Waals surface area contributed by atoms with Gasteiger partial charge in [-0.05, 0) is 53.9 Å². The lowest BCUT2D eigenvalue weighted by Crippen LogP contribution is -1.95. The van der Waals surface area contributed by atoms with Gasteiger partial charge in [-0.25, -0.2) is 9.97 Å². The van der Waals surface area contributed by atoms with Crippen molar-refractivity contribution in [1.82, 2.24) is 23.9 Å². The Kier molecular flexibility index (Phi) is 3.34. The van der Waals surface area contributed by atoms with E-state index in [-0.39, 0.29) is 0 Å². The lowest BCUT2D eigenvalue weighted by molar-refractivity contribution is 1.18. The van der Waals surface area contributed by atoms with Crippen LogP contribution in [-0.4, -0.2) is 23.9 Å². The van der Waals surface area contributed by atoms with Gasteiger partial charge in [-0.3, -0.25) is 9.38 Å². The number of para-hydroxylation sites is 2. The first-order valence-electron chi connectivity index (χ1n) is 11.3. The third kappa shape index (κ3) is 2.20. The molecule has 0 atom stereocenters. The van der Waals surface area contributed by atoms with Crippen LogP contribution in [0.15, 0.2) is 104 Å². The first-order chi connectivity index (χ1) is 16.9. The van der Waals surface area contributed by atoms with Gasteiger partial charge in [-0.1, -0.05) is 36.4 Å². The zero-order valence-electron chi connectivity index (χ0n) is 18.1. The molecule has 0 spiro atoms. The quantitative estimate of drug-likeness (QED) is 0.270. The van der Waals surface area contributed by atoms with Crippen LogP contribution in [0.25, 0.3) is 66.0 Å². The molecule has 0 aliphatic heterocycles. The molecular formula is C29H17N5. The van der Waals surface area contributed by atoms with E-state index in [0.29, 0.717) is 0 Å². The minimum absolute atomic E-state index is 0.863. The molecule has 8 aromatic rings. The molecule has 0 aliphatic carbocycles. The Balaban J connectivity index is 1.67. The van der Waals surface area contributed by atoms with Gasteiger partial charge in [0.1, 0.15) is 11.2 Å². The molecule has 5 heteroatoms. The van der Waals surface area contributed by atoms with Crippen molar-refractivity contribution in [1.29, 1.82) is 0 Å². The van der Waals surface area contributed by atoms with Crippen molar-refractivity contribution >= 4 is 60.3 Å². The molecule has 3 aromatic carbocycles. The highest BCUT2D eigenvalue weighted by molar-refractivity contribution is 6.21. The van der Waals surface area contributed by atoms with Gasteiger partial charge in [0.25, 0.3) is 0 Å². The fraction of sp³-hybridized carbons (Fsp3) is 0. The number of hydrogen-bond acceptors (Lipinski definition) is 3. The molecule has 0 radical (unpaired) electrons. The minimum atomic E-state index is 0.863. The van der Waals surface area contributed by atoms with Gasteiger partial charge in [0, 0.05) is 45.8 Å². The van der Waals surface area contributed by atoms with Gasteiger partial charge >= 0.3 is 0 Å². The van der Waals surface area contributed by atoms with Crippen LogP contribution in [0.1, 0.15) is 0 Å². The Morgan fingerprint density at radius 2 is 1.44 bits per heavy atom. The highest BCUT2D eigenvalue weighted by atomic mass is 15.1. The van der Waals surface area contributed by atoms with Crippen LogP contribution in [0.3, 0.4) is 0 Å². The maximum Gasteiger partial charge on any atom is 0.164 e. The van der Waals surface area contributed by atoms with Crippen molar-refractivity contribution in [2.45, 2.75) is 0 Å². The number of nitrogens with zero attached hydrogens (tertiary/aromatic N) is 5. The van der Waals surface area contributed by atoms with Crippen LogP contribution in [0.2, 0.25) is 0 Å². The van der Waals surface area contributed by atoms with Crippen LogP contribution in [0.5, 0.6) is 0 Å². The average molecular weight is 435 g/mol. The summed E-state index contributed by atoms with van der Waals surface area (Å²) in [6.45, 7) is 0. The second kappa shape index (κ2) is 6.39. The Morgan fingerprint density at radius 3 is 2.38 bits per heavy atom. The molecular weight excluding hydrogens is 418 g/mol. The predicted octanol–water partition coefficient (Wildman–Crippen LogP) is 6.68. The summed E-state index contributed by atoms with van der Waals surface area (Å²) in [5.41, 5.74) is 7.23. The number of hydrogen-bond donors (Lipinski definition) is 0. The second-order valence-electron chi connectivity index (χ2n) is 8.61. The summed E-state index contributed by atoms with van der Waals surface area (Å²) in [4.78, 5) is 14.2. The van der Waals surface area contributed by atoms with Crippen molar-refractivity contribution in [2.75, 3.05) is 0 Å². The summed E-state index contributed by atoms with van der Waals surface area (Å²) in [7, 11) is 0. The molecule has 5 nitrogen and oxygen atoms in total. The molecule has 0 saturated heterocycles. The van der Waals surface area contributed by atoms with E-state index >= 15 is 0 Å². The fourth-order valence-electron chi connectivity index (χ4n) is 5.39. The van der Waals surface area contributed by atoms with Gasteiger partial charge in [0.05, 0.1) is 16.6 Å². The third-order valence-corrected chi connectivity index (χ3v) is 6.81. The first kappa shape index (κ1) is 17.7. The predicted molar refractivity (Wildman–Crippen MR) is 138 cm³/mol. The zero-order chi connectivity index (χ0) is 22.2. The van der Waals surface area contributed by atoms with E-state index < -0.39 is 0 Å². The van der Waals surface area contributed by atoms with Gasteiger partial charge in [-0.2, -0.15) is 0 Å². The SMILES string of the molecule is c1ccc(-n2c3ccccc3c3cc4c(cc32)c2cnccc2n2c3ncccc3nc42)cc1. The van der Waals surface area contributed by atoms with E-state index in [1.54, 1.807) is 0 Å². The van der Waals surface area contributed by atoms with Gasteiger partial charge < -0.3 is 4.57 Å². The highest BCUT2D eigenvalue weighted by Gasteiger charge is 2.18. The second-order valence-corrected chi connectivity index (χ2v) is 8.61. The van der Waals surface area contributed by atoms with Crippen LogP contribution in [0, 0.1) is 0 Å². The largest absolute Gasteiger partial charge is 0.309 e. The molecule has 5 aromatic heterocycles. The highest BCUT2D eigenvalue weighted by Crippen LogP contribution is 2.38. The summed E-state index contributed by atoms with van der Waals surface area (Å²) in [6.07, 6.45) is 5.61. The number of rotatable bonds is 1. The molecule has 8 rings (SSSR count). The Labute approximate surface area is 193 Å². The van der Waals surface area contributed by atoms with Crippen molar-refractivity contribution < 1.29 is 0 Å². The van der Waals surface area contributed by atoms with E-state index in [4.69, 9.17) is 4.98 Å². The maximum absolute atomic E-state index is 5.02. The van der Waals surface area contributed by atoms with Crippen LogP contribution in [-0.2, 0) is 0 Å². The van der Waals surface area contributed by atoms with E-state index in [0.717, 1.165) is 44.2 Å². The van der Waals surface area contributed by atoms with E-state index in [2.05, 4.69) is 91.7 Å². The molecule has 0 N–H and O–H groups in total. The maximum atomic E-state index is 5.02. The monoisotopic (exact) mass is 435 g/mol. The first-order valence-corrected chi connectivity index (χ1v) is 11.3. The minimum Gasteiger partial charge on any atom is -0.309 e. The Hall–Kier alpha value is -4.77. The number of pyridine rings is 3. The molecule has 0 unspecified atom stereocenters. The van der Waals surface area contributed by atoms with Gasteiger partial charge in [0.15, 0.2) is 5.65 Å². The van der Waals surface area contributed by atoms with Gasteiger partial charge in [-0.15, -0.1) is 0 Å². The zero-order valence-corrected chi connectivity index (χ0v) is 18.1. The summed E-state index contributed by atoms with van der Waals surface area (Å²) < 4.78 is 4.51. The van der Waals surface area contributed by atoms with E-state index in [1.807, 2.05) is 30.7 Å². The molecule has 0 fully saturated rings. The van der Waals surface area contributed by atoms with Crippen molar-refractivity contribution in [3.63, 3.8) is 0 Å². The molecule has 34 heavy (non-hydrogen) atoms. The Bertz CT molecular complexity index is 2070. The van der Waals surface area contributed by atoms with Crippen molar-refractivity contribution in [3.05, 3.63) is 104 Å². The topological polar surface area (TPSA) is 48.0 Å². The smallest absolute Gasteiger partial charge is 0.164 e. The van der Waals surface area contributed by atoms with Gasteiger partial charge in [0.2, 0.25) is 0 Å². The molecule has 0 amide bonds. The standard InChI is InChI=1S/C29H17N5/c1-2-7-18(8-3-1)33-25-11-5-4-9-19(25)21-15-22-20(16-27(21)33)23-17-30-14-12-26(23)34-28(22)32-24-10-6-13-31-29(24)34/h1-17H. The van der Waals surface area contributed by atoms with Crippen LogP contribution >= 0.6 is 0 Å². The average Bonchev–Trinajstić information content (AvgIpc) is 3.44. The lowest BCUT2D eigenvalue weighted by Gasteiger charge is -2.11. The van der Waals surface area contributed by atoms with Crippen LogP contribution < -0.4 is 0 Å². The summed E-state index contributed by atoms with van der Waals surface area (Å²) >= 11 is 0. The fourth-order valence-corrected chi connectivity index (χ4v) is 5.39. The Morgan fingerprint density at radius 1 is 0.559 bits per heavy atom.